The van der Waals surface area contributed by atoms with Crippen LogP contribution in [0.15, 0.2) is 127 Å². The Morgan fingerprint density at radius 2 is 0.894 bits per heavy atom. The summed E-state index contributed by atoms with van der Waals surface area (Å²) in [5, 5.41) is 14.3. The normalized spacial score (nSPS) is 17.3. The molecule has 0 aliphatic carbocycles. The summed E-state index contributed by atoms with van der Waals surface area (Å²) >= 11 is 18.3. The first-order valence-corrected chi connectivity index (χ1v) is 18.9. The predicted molar refractivity (Wildman–Crippen MR) is 215 cm³/mol. The molecule has 0 fully saturated rings. The molecule has 11 heteroatoms. The van der Waals surface area contributed by atoms with E-state index in [1.165, 1.54) is 22.1 Å². The van der Waals surface area contributed by atoms with Crippen LogP contribution in [0.5, 0.6) is 0 Å². The van der Waals surface area contributed by atoms with Crippen LogP contribution in [0.4, 0.5) is 17.1 Å². The number of halogens is 2. The van der Waals surface area contributed by atoms with Crippen molar-refractivity contribution < 1.29 is 12.7 Å². The van der Waals surface area contributed by atoms with Gasteiger partial charge >= 0.3 is 33.0 Å². The van der Waals surface area contributed by atoms with Gasteiger partial charge in [-0.1, -0.05) is 156 Å². The van der Waals surface area contributed by atoms with Crippen molar-refractivity contribution in [1.29, 1.82) is 0 Å². The van der Waals surface area contributed by atoms with Crippen LogP contribution in [0.3, 0.4) is 0 Å². The molecule has 5 aromatic rings. The van der Waals surface area contributed by atoms with Gasteiger partial charge in [0.15, 0.2) is 0 Å². The molecule has 0 radical (unpaired) electrons. The summed E-state index contributed by atoms with van der Waals surface area (Å²) in [5.41, 5.74) is 7.74. The number of nitrogens with zero attached hydrogens (tertiary/aromatic N) is 3. The second-order valence-electron chi connectivity index (χ2n) is 9.84. The van der Waals surface area contributed by atoms with Gasteiger partial charge in [0.25, 0.3) is 0 Å². The van der Waals surface area contributed by atoms with Gasteiger partial charge in [-0.15, -0.1) is 17.1 Å². The van der Waals surface area contributed by atoms with Crippen LogP contribution >= 0.6 is 70.5 Å². The molecular weight excluding hydrogens is 746 g/mol. The fraction of sp³-hybridized carbons (Fsp3) is 0.0833. The Morgan fingerprint density at radius 3 is 1.32 bits per heavy atom. The number of nitrogens with one attached hydrogen (secondary N) is 1. The minimum absolute atomic E-state index is 0.0323. The van der Waals surface area contributed by atoms with E-state index in [1.54, 1.807) is 0 Å². The zero-order chi connectivity index (χ0) is 33.4. The van der Waals surface area contributed by atoms with E-state index in [2.05, 4.69) is 101 Å². The molecule has 8 rings (SSSR count). The molecular formula is C36H31Cl2N4NiS4-3. The number of thiol groups is 3. The monoisotopic (exact) mass is 775 g/mol. The van der Waals surface area contributed by atoms with Gasteiger partial charge in [0, 0.05) is 5.52 Å². The van der Waals surface area contributed by atoms with E-state index in [1.807, 2.05) is 103 Å². The zero-order valence-electron chi connectivity index (χ0n) is 24.8. The van der Waals surface area contributed by atoms with Crippen molar-refractivity contribution in [2.24, 2.45) is 0 Å². The number of fused-ring (bicyclic) bond motifs is 4. The second-order valence-corrected chi connectivity index (χ2v) is 13.5. The summed E-state index contributed by atoms with van der Waals surface area (Å²) in [7, 11) is 9.40. The first-order valence-electron chi connectivity index (χ1n) is 14.2. The molecule has 3 aliphatic heterocycles. The molecule has 0 saturated heterocycles. The number of pyridine rings is 1. The van der Waals surface area contributed by atoms with Crippen molar-refractivity contribution >= 4 is 117 Å². The van der Waals surface area contributed by atoms with Crippen molar-refractivity contribution in [3.8, 4) is 0 Å². The molecule has 3 unspecified atom stereocenters. The Kier molecular flexibility index (Phi) is 15.7. The Balaban J connectivity index is 0.000000138. The molecule has 0 amide bonds. The average Bonchev–Trinajstić information content (AvgIpc) is 3.09. The number of aromatic amines is 1. The van der Waals surface area contributed by atoms with Gasteiger partial charge in [-0.2, -0.15) is 37.9 Å². The van der Waals surface area contributed by atoms with E-state index >= 15 is 0 Å². The summed E-state index contributed by atoms with van der Waals surface area (Å²) in [6, 6.07) is 36.2. The molecule has 4 nitrogen and oxygen atoms in total. The molecule has 1 N–H and O–H groups in total. The van der Waals surface area contributed by atoms with Crippen LogP contribution in [-0.2, 0) is 12.7 Å². The van der Waals surface area contributed by atoms with Gasteiger partial charge in [0.2, 0.25) is 0 Å². The fourth-order valence-electron chi connectivity index (χ4n) is 4.46. The van der Waals surface area contributed by atoms with Crippen molar-refractivity contribution in [3.05, 3.63) is 165 Å². The maximum absolute atomic E-state index is 4.98. The molecule has 0 saturated carbocycles. The molecule has 47 heavy (non-hydrogen) atoms. The van der Waals surface area contributed by atoms with Gasteiger partial charge in [0.1, 0.15) is 4.64 Å². The second kappa shape index (κ2) is 19.9. The molecule has 0 bridgehead atoms. The molecule has 1 aromatic heterocycles. The topological polar surface area (TPSA) is 58.1 Å². The van der Waals surface area contributed by atoms with Gasteiger partial charge in [-0.3, -0.25) is 0 Å². The van der Waals surface area contributed by atoms with Crippen LogP contribution < -0.4 is 0 Å². The molecule has 246 valence electrons. The molecule has 3 atom stereocenters. The van der Waals surface area contributed by atoms with Crippen LogP contribution in [0.1, 0.15) is 16.7 Å². The number of hydrogen-bond donors (Lipinski definition) is 4. The molecule has 3 aliphatic rings. The van der Waals surface area contributed by atoms with E-state index in [0.29, 0.717) is 12.7 Å². The van der Waals surface area contributed by atoms with Gasteiger partial charge in [0.05, 0.1) is 0 Å². The SMILES string of the molecule is S=c1ccc2ccccc2[nH]1.SC1C=Cc2ccccc2[N-]1.SC1C=Cc2ccccc2[N-]1.SC1C=Cc2ccccc2[N-]1.[Cl][Ni][Cl]. The Bertz CT molecular complexity index is 1740. The first-order chi connectivity index (χ1) is 22.9. The van der Waals surface area contributed by atoms with E-state index < -0.39 is 0 Å². The number of aromatic nitrogens is 1. The fourth-order valence-corrected chi connectivity index (χ4v) is 5.27. The van der Waals surface area contributed by atoms with Crippen LogP contribution in [-0.4, -0.2) is 21.1 Å². The van der Waals surface area contributed by atoms with E-state index in [9.17, 15) is 0 Å². The van der Waals surface area contributed by atoms with Gasteiger partial charge < -0.3 is 20.9 Å². The third-order valence-corrected chi connectivity index (χ3v) is 7.70. The van der Waals surface area contributed by atoms with Crippen LogP contribution in [0.2, 0.25) is 0 Å². The zero-order valence-corrected chi connectivity index (χ0v) is 30.8. The summed E-state index contributed by atoms with van der Waals surface area (Å²) < 4.78 is 0.781. The van der Waals surface area contributed by atoms with E-state index in [4.69, 9.17) is 32.6 Å². The van der Waals surface area contributed by atoms with Gasteiger partial charge in [-0.25, -0.2) is 0 Å². The predicted octanol–water partition coefficient (Wildman–Crippen LogP) is 13.2. The minimum atomic E-state index is 0.0323. The number of rotatable bonds is 0. The quantitative estimate of drug-likeness (QED) is 0.0706. The molecule has 4 aromatic carbocycles. The average molecular weight is 778 g/mol. The Morgan fingerprint density at radius 1 is 0.532 bits per heavy atom. The summed E-state index contributed by atoms with van der Waals surface area (Å²) in [4.78, 5) is 3.10. The molecule has 4 heterocycles. The molecule has 0 spiro atoms. The number of para-hydroxylation sites is 4. The van der Waals surface area contributed by atoms with E-state index in [0.717, 1.165) is 27.2 Å². The van der Waals surface area contributed by atoms with Crippen molar-refractivity contribution in [2.45, 2.75) is 16.1 Å². The third-order valence-electron chi connectivity index (χ3n) is 6.60. The van der Waals surface area contributed by atoms with Crippen LogP contribution in [0, 0.1) is 4.64 Å². The summed E-state index contributed by atoms with van der Waals surface area (Å²) in [6.45, 7) is 0. The first kappa shape index (κ1) is 37.1. The van der Waals surface area contributed by atoms with Crippen molar-refractivity contribution in [2.75, 3.05) is 0 Å². The van der Waals surface area contributed by atoms with E-state index in [-0.39, 0.29) is 16.1 Å². The summed E-state index contributed by atoms with van der Waals surface area (Å²) in [6.07, 6.45) is 12.1. The standard InChI is InChI=1S/3C9H8NS.C9H7NS.2ClH.Ni/c4*11-9-6-5-7-3-1-2-4-8(7)10-9;;;/h3*1-6,9,11H;1-6H,(H,10,11);2*1H;/q3*-1;;;;+2/p-2. The number of H-pyrrole nitrogens is 1. The third kappa shape index (κ3) is 12.3. The maximum atomic E-state index is 4.98. The van der Waals surface area contributed by atoms with Gasteiger partial charge in [-0.05, 0) is 40.3 Å². The Labute approximate surface area is 312 Å². The number of hydrogen-bond acceptors (Lipinski definition) is 4. The number of benzene rings is 4. The summed E-state index contributed by atoms with van der Waals surface area (Å²) in [5.74, 6) is 0. The van der Waals surface area contributed by atoms with Crippen LogP contribution in [0.25, 0.3) is 45.1 Å². The Hall–Kier alpha value is -2.75. The van der Waals surface area contributed by atoms with Crippen molar-refractivity contribution in [1.82, 2.24) is 4.98 Å². The van der Waals surface area contributed by atoms with Crippen molar-refractivity contribution in [3.63, 3.8) is 0 Å².